The van der Waals surface area contributed by atoms with Crippen LogP contribution >= 0.6 is 0 Å². The Morgan fingerprint density at radius 2 is 1.71 bits per heavy atom. The summed E-state index contributed by atoms with van der Waals surface area (Å²) in [5.41, 5.74) is 6.61. The van der Waals surface area contributed by atoms with Crippen molar-refractivity contribution < 1.29 is 0 Å². The number of anilines is 1. The number of nitrogens with zero attached hydrogens (tertiary/aromatic N) is 7. The van der Waals surface area contributed by atoms with Crippen molar-refractivity contribution in [1.29, 1.82) is 0 Å². The number of nitrogens with one attached hydrogen (secondary N) is 1. The zero-order chi connectivity index (χ0) is 21.9. The first-order valence-electron chi connectivity index (χ1n) is 9.91. The third-order valence-corrected chi connectivity index (χ3v) is 5.79. The van der Waals surface area contributed by atoms with Crippen LogP contribution in [0.1, 0.15) is 11.4 Å². The van der Waals surface area contributed by atoms with E-state index in [9.17, 15) is 4.79 Å². The van der Waals surface area contributed by atoms with Gasteiger partial charge in [-0.1, -0.05) is 6.07 Å². The molecule has 1 N–H and O–H groups in total. The number of fused-ring (bicyclic) bond motifs is 3. The summed E-state index contributed by atoms with van der Waals surface area (Å²) in [6.45, 7) is 3.89. The van der Waals surface area contributed by atoms with Crippen molar-refractivity contribution in [3.63, 3.8) is 0 Å². The van der Waals surface area contributed by atoms with E-state index in [-0.39, 0.29) is 5.69 Å². The Hall–Kier alpha value is -4.01. The molecule has 0 saturated carbocycles. The molecule has 31 heavy (non-hydrogen) atoms. The first-order chi connectivity index (χ1) is 14.9. The van der Waals surface area contributed by atoms with Crippen LogP contribution in [0, 0.1) is 13.8 Å². The lowest BCUT2D eigenvalue weighted by Gasteiger charge is -2.08. The van der Waals surface area contributed by atoms with Crippen LogP contribution in [0.4, 0.5) is 5.95 Å². The summed E-state index contributed by atoms with van der Waals surface area (Å²) < 4.78 is 5.18. The highest BCUT2D eigenvalue weighted by atomic mass is 16.1. The number of benzene rings is 1. The molecule has 5 rings (SSSR count). The third kappa shape index (κ3) is 2.73. The Balaban J connectivity index is 1.86. The van der Waals surface area contributed by atoms with Crippen LogP contribution in [0.3, 0.4) is 0 Å². The highest BCUT2D eigenvalue weighted by Gasteiger charge is 2.21. The largest absolute Gasteiger partial charge is 0.357 e. The van der Waals surface area contributed by atoms with E-state index in [4.69, 9.17) is 0 Å². The van der Waals surface area contributed by atoms with Crippen LogP contribution in [-0.2, 0) is 14.1 Å². The second-order valence-electron chi connectivity index (χ2n) is 7.59. The quantitative estimate of drug-likeness (QED) is 0.488. The molecule has 0 aliphatic carbocycles. The van der Waals surface area contributed by atoms with E-state index < -0.39 is 0 Å². The van der Waals surface area contributed by atoms with Gasteiger partial charge in [0.1, 0.15) is 0 Å². The Morgan fingerprint density at radius 3 is 2.35 bits per heavy atom. The van der Waals surface area contributed by atoms with Gasteiger partial charge in [-0.2, -0.15) is 5.10 Å². The van der Waals surface area contributed by atoms with Gasteiger partial charge in [-0.15, -0.1) is 0 Å². The van der Waals surface area contributed by atoms with Crippen molar-refractivity contribution in [1.82, 2.24) is 33.9 Å². The van der Waals surface area contributed by atoms with Gasteiger partial charge in [0.25, 0.3) is 0 Å². The van der Waals surface area contributed by atoms with Gasteiger partial charge < -0.3 is 5.32 Å². The van der Waals surface area contributed by atoms with E-state index in [2.05, 4.69) is 25.4 Å². The first kappa shape index (κ1) is 19.0. The molecule has 0 bridgehead atoms. The molecule has 9 nitrogen and oxygen atoms in total. The molecule has 0 aliphatic heterocycles. The van der Waals surface area contributed by atoms with Crippen LogP contribution in [0.5, 0.6) is 0 Å². The van der Waals surface area contributed by atoms with Crippen LogP contribution in [0.2, 0.25) is 0 Å². The Morgan fingerprint density at radius 1 is 0.968 bits per heavy atom. The average Bonchev–Trinajstić information content (AvgIpc) is 3.19. The lowest BCUT2D eigenvalue weighted by Crippen LogP contribution is -2.21. The van der Waals surface area contributed by atoms with Crippen LogP contribution in [0.25, 0.3) is 38.8 Å². The number of pyridine rings is 1. The van der Waals surface area contributed by atoms with Gasteiger partial charge in [-0.3, -0.25) is 18.8 Å². The van der Waals surface area contributed by atoms with E-state index in [0.717, 1.165) is 50.1 Å². The van der Waals surface area contributed by atoms with Crippen LogP contribution < -0.4 is 11.0 Å². The van der Waals surface area contributed by atoms with Gasteiger partial charge in [0.15, 0.2) is 0 Å². The number of aromatic nitrogens is 7. The molecule has 156 valence electrons. The minimum atomic E-state index is -0.129. The molecule has 0 saturated heterocycles. The lowest BCUT2D eigenvalue weighted by atomic mass is 10.1. The van der Waals surface area contributed by atoms with E-state index in [1.165, 1.54) is 0 Å². The highest BCUT2D eigenvalue weighted by Crippen LogP contribution is 2.30. The van der Waals surface area contributed by atoms with Crippen LogP contribution in [-0.4, -0.2) is 40.9 Å². The molecule has 5 aromatic rings. The number of hydrogen-bond donors (Lipinski definition) is 1. The molecule has 0 amide bonds. The average molecular weight is 414 g/mol. The van der Waals surface area contributed by atoms with Crippen molar-refractivity contribution in [3.8, 4) is 16.8 Å². The van der Waals surface area contributed by atoms with Gasteiger partial charge in [0.05, 0.1) is 39.8 Å². The fourth-order valence-corrected chi connectivity index (χ4v) is 4.08. The van der Waals surface area contributed by atoms with Gasteiger partial charge in [0, 0.05) is 44.5 Å². The van der Waals surface area contributed by atoms with Gasteiger partial charge in [-0.05, 0) is 31.5 Å². The third-order valence-electron chi connectivity index (χ3n) is 5.79. The number of aryl methyl sites for hydroxylation is 3. The summed E-state index contributed by atoms with van der Waals surface area (Å²) in [7, 11) is 5.43. The molecule has 0 fully saturated rings. The first-order valence-corrected chi connectivity index (χ1v) is 9.91. The summed E-state index contributed by atoms with van der Waals surface area (Å²) >= 11 is 0. The fraction of sp³-hybridized carbons (Fsp3) is 0.227. The maximum absolute atomic E-state index is 13.3. The normalized spacial score (nSPS) is 11.5. The fourth-order valence-electron chi connectivity index (χ4n) is 4.08. The van der Waals surface area contributed by atoms with E-state index in [1.807, 2.05) is 39.1 Å². The zero-order valence-corrected chi connectivity index (χ0v) is 18.0. The molecule has 0 atom stereocenters. The summed E-state index contributed by atoms with van der Waals surface area (Å²) in [6.07, 6.45) is 5.31. The predicted octanol–water partition coefficient (Wildman–Crippen LogP) is 2.73. The Labute approximate surface area is 178 Å². The van der Waals surface area contributed by atoms with E-state index >= 15 is 0 Å². The maximum Gasteiger partial charge on any atom is 0.333 e. The van der Waals surface area contributed by atoms with Crippen molar-refractivity contribution in [2.75, 3.05) is 12.4 Å². The number of hydrogen-bond acceptors (Lipinski definition) is 6. The smallest absolute Gasteiger partial charge is 0.333 e. The Kier molecular flexibility index (Phi) is 4.14. The molecule has 9 heteroatoms. The van der Waals surface area contributed by atoms with E-state index in [0.29, 0.717) is 5.95 Å². The van der Waals surface area contributed by atoms with Crippen LogP contribution in [0.15, 0.2) is 41.6 Å². The highest BCUT2D eigenvalue weighted by molar-refractivity contribution is 6.04. The van der Waals surface area contributed by atoms with Crippen molar-refractivity contribution in [3.05, 3.63) is 58.7 Å². The molecule has 0 aliphatic rings. The van der Waals surface area contributed by atoms with Crippen molar-refractivity contribution in [2.45, 2.75) is 13.8 Å². The molecular weight excluding hydrogens is 392 g/mol. The van der Waals surface area contributed by atoms with Gasteiger partial charge >= 0.3 is 5.69 Å². The van der Waals surface area contributed by atoms with E-state index in [1.54, 1.807) is 46.5 Å². The SMILES string of the molecule is CNc1ncc(-c2ccc3ncc4c(c3c2)n(-c2c(C)nn(C)c2C)c(=O)n4C)cn1. The van der Waals surface area contributed by atoms with Crippen molar-refractivity contribution >= 4 is 27.9 Å². The maximum atomic E-state index is 13.3. The number of rotatable bonds is 3. The monoisotopic (exact) mass is 414 g/mol. The lowest BCUT2D eigenvalue weighted by molar-refractivity contribution is 0.730. The summed E-state index contributed by atoms with van der Waals surface area (Å²) in [5.74, 6) is 0.563. The molecule has 4 heterocycles. The second-order valence-corrected chi connectivity index (χ2v) is 7.59. The zero-order valence-electron chi connectivity index (χ0n) is 18.0. The molecular formula is C22H22N8O. The topological polar surface area (TPSA) is 95.5 Å². The second kappa shape index (κ2) is 6.76. The summed E-state index contributed by atoms with van der Waals surface area (Å²) in [4.78, 5) is 26.5. The standard InChI is InChI=1S/C22H22N8O/c1-12-19(13(2)29(5)27-12)30-20-16-8-14(15-9-25-21(23-3)26-10-15)6-7-17(16)24-11-18(20)28(4)22(30)31/h6-11H,1-5H3,(H,23,25,26). The minimum Gasteiger partial charge on any atom is -0.357 e. The summed E-state index contributed by atoms with van der Waals surface area (Å²) in [6, 6.07) is 5.99. The minimum absolute atomic E-state index is 0.129. The molecule has 0 spiro atoms. The molecule has 4 aromatic heterocycles. The van der Waals surface area contributed by atoms with Gasteiger partial charge in [-0.25, -0.2) is 14.8 Å². The molecule has 0 radical (unpaired) electrons. The number of imidazole rings is 1. The molecule has 0 unspecified atom stereocenters. The predicted molar refractivity (Wildman–Crippen MR) is 121 cm³/mol. The molecule has 1 aromatic carbocycles. The van der Waals surface area contributed by atoms with Gasteiger partial charge in [0.2, 0.25) is 5.95 Å². The van der Waals surface area contributed by atoms with Crippen molar-refractivity contribution in [2.24, 2.45) is 14.1 Å². The summed E-state index contributed by atoms with van der Waals surface area (Å²) in [5, 5.41) is 8.32. The Bertz CT molecular complexity index is 1520.